The number of sulfonamides is 1. The lowest BCUT2D eigenvalue weighted by Gasteiger charge is -2.30. The van der Waals surface area contributed by atoms with Crippen LogP contribution < -0.4 is 14.9 Å². The first-order chi connectivity index (χ1) is 14.3. The van der Waals surface area contributed by atoms with Gasteiger partial charge in [0.15, 0.2) is 0 Å². The number of benzene rings is 2. The highest BCUT2D eigenvalue weighted by Crippen LogP contribution is 2.24. The van der Waals surface area contributed by atoms with Gasteiger partial charge in [0.25, 0.3) is 5.91 Å². The Balaban J connectivity index is 2.38. The van der Waals surface area contributed by atoms with Crippen molar-refractivity contribution in [3.63, 3.8) is 0 Å². The zero-order valence-corrected chi connectivity index (χ0v) is 19.1. The standard InChI is InChI=1S/C22H28FN3O4S/c1-6-19(26(31(5,29)30)16-13-11-15(23)12-14-16)21(28)24-18-10-8-7-9-17(18)20(27)25-22(2,3)4/h7-14,19H,6H2,1-5H3,(H,24,28)(H,25,27). The van der Waals surface area contributed by atoms with Crippen LogP contribution in [-0.4, -0.2) is 38.1 Å². The lowest BCUT2D eigenvalue weighted by Crippen LogP contribution is -2.47. The van der Waals surface area contributed by atoms with Gasteiger partial charge in [0.2, 0.25) is 15.9 Å². The normalized spacial score (nSPS) is 12.7. The monoisotopic (exact) mass is 449 g/mol. The number of nitrogens with zero attached hydrogens (tertiary/aromatic N) is 1. The van der Waals surface area contributed by atoms with E-state index in [2.05, 4.69) is 10.6 Å². The molecule has 2 aromatic carbocycles. The quantitative estimate of drug-likeness (QED) is 0.676. The van der Waals surface area contributed by atoms with Gasteiger partial charge in [-0.2, -0.15) is 0 Å². The maximum atomic E-state index is 13.3. The van der Waals surface area contributed by atoms with Crippen LogP contribution in [0.1, 0.15) is 44.5 Å². The molecule has 2 amide bonds. The number of hydrogen-bond acceptors (Lipinski definition) is 4. The van der Waals surface area contributed by atoms with Crippen LogP contribution in [0.3, 0.4) is 0 Å². The van der Waals surface area contributed by atoms with Crippen LogP contribution in [0.2, 0.25) is 0 Å². The molecule has 1 atom stereocenters. The first-order valence-corrected chi connectivity index (χ1v) is 11.7. The van der Waals surface area contributed by atoms with Crippen LogP contribution >= 0.6 is 0 Å². The third kappa shape index (κ3) is 6.52. The van der Waals surface area contributed by atoms with E-state index in [1.54, 1.807) is 31.2 Å². The van der Waals surface area contributed by atoms with Crippen molar-refractivity contribution in [3.8, 4) is 0 Å². The minimum absolute atomic E-state index is 0.159. The SMILES string of the molecule is CCC(C(=O)Nc1ccccc1C(=O)NC(C)(C)C)N(c1ccc(F)cc1)S(C)(=O)=O. The van der Waals surface area contributed by atoms with Crippen molar-refractivity contribution in [1.82, 2.24) is 5.32 Å². The molecular formula is C22H28FN3O4S. The van der Waals surface area contributed by atoms with Gasteiger partial charge < -0.3 is 10.6 Å². The highest BCUT2D eigenvalue weighted by atomic mass is 32.2. The Hall–Kier alpha value is -2.94. The molecule has 0 spiro atoms. The molecule has 2 rings (SSSR count). The number of hydrogen-bond donors (Lipinski definition) is 2. The molecule has 0 aliphatic carbocycles. The van der Waals surface area contributed by atoms with E-state index in [0.717, 1.165) is 22.7 Å². The number of halogens is 1. The van der Waals surface area contributed by atoms with Gasteiger partial charge in [-0.3, -0.25) is 13.9 Å². The van der Waals surface area contributed by atoms with E-state index in [0.29, 0.717) is 0 Å². The van der Waals surface area contributed by atoms with Crippen LogP contribution in [0.4, 0.5) is 15.8 Å². The summed E-state index contributed by atoms with van der Waals surface area (Å²) in [6.07, 6.45) is 1.14. The molecule has 0 saturated carbocycles. The molecule has 0 fully saturated rings. The van der Waals surface area contributed by atoms with E-state index >= 15 is 0 Å². The molecule has 0 aromatic heterocycles. The first kappa shape index (κ1) is 24.3. The summed E-state index contributed by atoms with van der Waals surface area (Å²) in [7, 11) is -3.86. The topological polar surface area (TPSA) is 95.6 Å². The van der Waals surface area contributed by atoms with Crippen LogP contribution in [0.15, 0.2) is 48.5 Å². The van der Waals surface area contributed by atoms with E-state index < -0.39 is 33.3 Å². The molecule has 0 heterocycles. The first-order valence-electron chi connectivity index (χ1n) is 9.81. The minimum Gasteiger partial charge on any atom is -0.347 e. The Morgan fingerprint density at radius 3 is 2.16 bits per heavy atom. The molecule has 168 valence electrons. The van der Waals surface area contributed by atoms with Crippen molar-refractivity contribution in [2.75, 3.05) is 15.9 Å². The van der Waals surface area contributed by atoms with Gasteiger partial charge in [0.1, 0.15) is 11.9 Å². The van der Waals surface area contributed by atoms with Gasteiger partial charge in [-0.1, -0.05) is 19.1 Å². The van der Waals surface area contributed by atoms with E-state index in [-0.39, 0.29) is 29.3 Å². The Labute approximate surface area is 182 Å². The lowest BCUT2D eigenvalue weighted by molar-refractivity contribution is -0.117. The van der Waals surface area contributed by atoms with E-state index in [9.17, 15) is 22.4 Å². The number of para-hydroxylation sites is 1. The number of carbonyl (C=O) groups excluding carboxylic acids is 2. The van der Waals surface area contributed by atoms with E-state index in [1.807, 2.05) is 20.8 Å². The maximum absolute atomic E-state index is 13.3. The molecule has 0 aliphatic rings. The molecule has 2 N–H and O–H groups in total. The number of carbonyl (C=O) groups is 2. The largest absolute Gasteiger partial charge is 0.347 e. The highest BCUT2D eigenvalue weighted by Gasteiger charge is 2.32. The molecule has 0 saturated heterocycles. The molecule has 7 nitrogen and oxygen atoms in total. The second kappa shape index (κ2) is 9.47. The molecule has 1 unspecified atom stereocenters. The third-order valence-electron chi connectivity index (χ3n) is 4.33. The second-order valence-corrected chi connectivity index (χ2v) is 10.1. The predicted octanol–water partition coefficient (Wildman–Crippen LogP) is 3.54. The second-order valence-electron chi connectivity index (χ2n) is 8.20. The molecule has 9 heteroatoms. The van der Waals surface area contributed by atoms with Crippen LogP contribution in [0.5, 0.6) is 0 Å². The van der Waals surface area contributed by atoms with Crippen molar-refractivity contribution >= 4 is 33.2 Å². The average Bonchev–Trinajstić information content (AvgIpc) is 2.65. The molecule has 0 aliphatic heterocycles. The summed E-state index contributed by atoms with van der Waals surface area (Å²) in [5.74, 6) is -1.49. The van der Waals surface area contributed by atoms with Gasteiger partial charge in [0, 0.05) is 5.54 Å². The van der Waals surface area contributed by atoms with Gasteiger partial charge >= 0.3 is 0 Å². The van der Waals surface area contributed by atoms with Crippen molar-refractivity contribution in [2.45, 2.75) is 45.7 Å². The molecule has 0 bridgehead atoms. The van der Waals surface area contributed by atoms with Crippen molar-refractivity contribution < 1.29 is 22.4 Å². The van der Waals surface area contributed by atoms with Gasteiger partial charge in [0.05, 0.1) is 23.2 Å². The number of amides is 2. The Kier molecular flexibility index (Phi) is 7.43. The van der Waals surface area contributed by atoms with Crippen molar-refractivity contribution in [3.05, 3.63) is 59.9 Å². The number of rotatable bonds is 7. The summed E-state index contributed by atoms with van der Waals surface area (Å²) in [6.45, 7) is 7.19. The van der Waals surface area contributed by atoms with Gasteiger partial charge in [-0.25, -0.2) is 12.8 Å². The van der Waals surface area contributed by atoms with Crippen molar-refractivity contribution in [2.24, 2.45) is 0 Å². The third-order valence-corrected chi connectivity index (χ3v) is 5.51. The fourth-order valence-electron chi connectivity index (χ4n) is 3.06. The molecule has 2 aromatic rings. The summed E-state index contributed by atoms with van der Waals surface area (Å²) < 4.78 is 39.3. The maximum Gasteiger partial charge on any atom is 0.253 e. The molecular weight excluding hydrogens is 421 g/mol. The summed E-state index contributed by atoms with van der Waals surface area (Å²) in [6, 6.07) is 10.3. The zero-order valence-electron chi connectivity index (χ0n) is 18.3. The predicted molar refractivity (Wildman–Crippen MR) is 120 cm³/mol. The van der Waals surface area contributed by atoms with Gasteiger partial charge in [-0.15, -0.1) is 0 Å². The number of anilines is 2. The minimum atomic E-state index is -3.86. The van der Waals surface area contributed by atoms with Crippen LogP contribution in [0, 0.1) is 5.82 Å². The van der Waals surface area contributed by atoms with Crippen molar-refractivity contribution in [1.29, 1.82) is 0 Å². The van der Waals surface area contributed by atoms with Gasteiger partial charge in [-0.05, 0) is 63.6 Å². The zero-order chi connectivity index (χ0) is 23.4. The fourth-order valence-corrected chi connectivity index (χ4v) is 4.27. The Bertz CT molecular complexity index is 1050. The fraction of sp³-hybridized carbons (Fsp3) is 0.364. The smallest absolute Gasteiger partial charge is 0.253 e. The Morgan fingerprint density at radius 1 is 1.06 bits per heavy atom. The molecule has 31 heavy (non-hydrogen) atoms. The van der Waals surface area contributed by atoms with E-state index in [4.69, 9.17) is 0 Å². The van der Waals surface area contributed by atoms with E-state index in [1.165, 1.54) is 12.1 Å². The summed E-state index contributed by atoms with van der Waals surface area (Å²) >= 11 is 0. The summed E-state index contributed by atoms with van der Waals surface area (Å²) in [5, 5.41) is 5.52. The summed E-state index contributed by atoms with van der Waals surface area (Å²) in [4.78, 5) is 25.8. The number of nitrogens with one attached hydrogen (secondary N) is 2. The Morgan fingerprint density at radius 2 is 1.65 bits per heavy atom. The highest BCUT2D eigenvalue weighted by molar-refractivity contribution is 7.92. The lowest BCUT2D eigenvalue weighted by atomic mass is 10.1. The molecule has 0 radical (unpaired) electrons. The summed E-state index contributed by atoms with van der Waals surface area (Å²) in [5.41, 5.74) is 0.216. The van der Waals surface area contributed by atoms with Crippen LogP contribution in [-0.2, 0) is 14.8 Å². The average molecular weight is 450 g/mol. The van der Waals surface area contributed by atoms with Crippen LogP contribution in [0.25, 0.3) is 0 Å².